The van der Waals surface area contributed by atoms with Crippen molar-refractivity contribution < 1.29 is 14.2 Å². The monoisotopic (exact) mass is 343 g/mol. The van der Waals surface area contributed by atoms with Crippen LogP contribution >= 0.6 is 15.9 Å². The predicted octanol–water partition coefficient (Wildman–Crippen LogP) is 3.13. The van der Waals surface area contributed by atoms with E-state index >= 15 is 0 Å². The van der Waals surface area contributed by atoms with Gasteiger partial charge < -0.3 is 19.5 Å². The summed E-state index contributed by atoms with van der Waals surface area (Å²) in [5.41, 5.74) is 1.19. The zero-order valence-corrected chi connectivity index (χ0v) is 13.9. The summed E-state index contributed by atoms with van der Waals surface area (Å²) in [6.45, 7) is 4.61. The van der Waals surface area contributed by atoms with Crippen LogP contribution < -0.4 is 14.8 Å². The average Bonchev–Trinajstić information content (AvgIpc) is 2.46. The van der Waals surface area contributed by atoms with Crippen molar-refractivity contribution in [3.05, 3.63) is 22.2 Å². The highest BCUT2D eigenvalue weighted by molar-refractivity contribution is 9.10. The molecule has 0 spiro atoms. The van der Waals surface area contributed by atoms with Crippen LogP contribution in [0.5, 0.6) is 11.5 Å². The Kier molecular flexibility index (Phi) is 5.29. The molecule has 1 atom stereocenters. The Labute approximate surface area is 128 Å². The first kappa shape index (κ1) is 15.6. The first-order valence-electron chi connectivity index (χ1n) is 6.81. The van der Waals surface area contributed by atoms with Gasteiger partial charge in [0, 0.05) is 23.2 Å². The maximum atomic E-state index is 5.57. The number of hydrogen-bond acceptors (Lipinski definition) is 4. The quantitative estimate of drug-likeness (QED) is 0.891. The van der Waals surface area contributed by atoms with Crippen LogP contribution in [0.25, 0.3) is 0 Å². The summed E-state index contributed by atoms with van der Waals surface area (Å²) >= 11 is 3.59. The molecule has 1 aliphatic heterocycles. The number of benzene rings is 1. The summed E-state index contributed by atoms with van der Waals surface area (Å²) in [5.74, 6) is 1.48. The minimum Gasteiger partial charge on any atom is -0.493 e. The second-order valence-corrected chi connectivity index (χ2v) is 6.22. The summed E-state index contributed by atoms with van der Waals surface area (Å²) in [6.07, 6.45) is 2.24. The number of halogens is 1. The average molecular weight is 344 g/mol. The second-order valence-electron chi connectivity index (χ2n) is 5.37. The van der Waals surface area contributed by atoms with E-state index in [0.29, 0.717) is 0 Å². The van der Waals surface area contributed by atoms with Crippen molar-refractivity contribution in [3.63, 3.8) is 0 Å². The lowest BCUT2D eigenvalue weighted by atomic mass is 9.94. The number of hydrogen-bond donors (Lipinski definition) is 1. The summed E-state index contributed by atoms with van der Waals surface area (Å²) < 4.78 is 17.2. The normalized spacial score (nSPS) is 22.6. The van der Waals surface area contributed by atoms with Gasteiger partial charge in [0.05, 0.1) is 20.8 Å². The Hall–Kier alpha value is -0.780. The van der Waals surface area contributed by atoms with E-state index in [9.17, 15) is 0 Å². The molecule has 1 unspecified atom stereocenters. The van der Waals surface area contributed by atoms with Gasteiger partial charge in [-0.25, -0.2) is 0 Å². The molecule has 112 valence electrons. The van der Waals surface area contributed by atoms with Gasteiger partial charge in [0.1, 0.15) is 0 Å². The molecule has 20 heavy (non-hydrogen) atoms. The van der Waals surface area contributed by atoms with Gasteiger partial charge >= 0.3 is 0 Å². The van der Waals surface area contributed by atoms with Gasteiger partial charge in [0.15, 0.2) is 11.5 Å². The summed E-state index contributed by atoms with van der Waals surface area (Å²) in [4.78, 5) is 0. The van der Waals surface area contributed by atoms with Gasteiger partial charge in [-0.3, -0.25) is 0 Å². The summed E-state index contributed by atoms with van der Waals surface area (Å²) in [5, 5.41) is 3.59. The molecule has 1 fully saturated rings. The molecular weight excluding hydrogens is 322 g/mol. The highest BCUT2D eigenvalue weighted by atomic mass is 79.9. The van der Waals surface area contributed by atoms with E-state index in [1.807, 2.05) is 12.1 Å². The van der Waals surface area contributed by atoms with Crippen LogP contribution in [0.1, 0.15) is 25.3 Å². The molecule has 4 nitrogen and oxygen atoms in total. The number of nitrogens with one attached hydrogen (secondary N) is 1. The smallest absolute Gasteiger partial charge is 0.161 e. The first-order chi connectivity index (χ1) is 9.58. The molecule has 1 heterocycles. The number of methoxy groups -OCH3 is 2. The third-order valence-electron chi connectivity index (χ3n) is 3.70. The molecule has 1 aromatic rings. The van der Waals surface area contributed by atoms with Crippen molar-refractivity contribution in [2.24, 2.45) is 0 Å². The van der Waals surface area contributed by atoms with Crippen molar-refractivity contribution in [1.82, 2.24) is 5.32 Å². The Balaban J connectivity index is 2.09. The lowest BCUT2D eigenvalue weighted by Crippen LogP contribution is -2.48. The summed E-state index contributed by atoms with van der Waals surface area (Å²) in [6, 6.07) is 3.94. The van der Waals surface area contributed by atoms with Crippen LogP contribution in [-0.4, -0.2) is 33.0 Å². The maximum Gasteiger partial charge on any atom is 0.161 e. The van der Waals surface area contributed by atoms with Crippen molar-refractivity contribution >= 4 is 15.9 Å². The van der Waals surface area contributed by atoms with Gasteiger partial charge in [-0.2, -0.15) is 0 Å². The first-order valence-corrected chi connectivity index (χ1v) is 7.60. The zero-order valence-electron chi connectivity index (χ0n) is 12.3. The molecule has 0 saturated carbocycles. The van der Waals surface area contributed by atoms with Crippen molar-refractivity contribution in [3.8, 4) is 11.5 Å². The molecular formula is C15H22BrNO3. The standard InChI is InChI=1S/C15H22BrNO3/c1-15(5-4-6-20-10-15)17-9-11-7-13(18-2)14(19-3)8-12(11)16/h7-8,17H,4-6,9-10H2,1-3H3. The van der Waals surface area contributed by atoms with Crippen LogP contribution in [0.15, 0.2) is 16.6 Å². The minimum atomic E-state index is 0.0465. The maximum absolute atomic E-state index is 5.57. The zero-order chi connectivity index (χ0) is 14.6. The molecule has 0 aromatic heterocycles. The Bertz CT molecular complexity index is 459. The molecule has 1 N–H and O–H groups in total. The number of rotatable bonds is 5. The topological polar surface area (TPSA) is 39.7 Å². The highest BCUT2D eigenvalue weighted by Crippen LogP contribution is 2.33. The van der Waals surface area contributed by atoms with Crippen molar-refractivity contribution in [2.45, 2.75) is 31.8 Å². The molecule has 0 radical (unpaired) electrons. The molecule has 0 aliphatic carbocycles. The lowest BCUT2D eigenvalue weighted by molar-refractivity contribution is 0.0277. The molecule has 2 rings (SSSR count). The second kappa shape index (κ2) is 6.78. The van der Waals surface area contributed by atoms with E-state index in [2.05, 4.69) is 28.2 Å². The molecule has 0 amide bonds. The molecule has 1 aliphatic rings. The molecule has 1 saturated heterocycles. The molecule has 5 heteroatoms. The van der Waals surface area contributed by atoms with Crippen LogP contribution in [0.3, 0.4) is 0 Å². The van der Waals surface area contributed by atoms with Crippen LogP contribution in [0, 0.1) is 0 Å². The van der Waals surface area contributed by atoms with E-state index in [1.54, 1.807) is 14.2 Å². The minimum absolute atomic E-state index is 0.0465. The van der Waals surface area contributed by atoms with Gasteiger partial charge in [0.25, 0.3) is 0 Å². The summed E-state index contributed by atoms with van der Waals surface area (Å²) in [7, 11) is 3.29. The fourth-order valence-electron chi connectivity index (χ4n) is 2.41. The van der Waals surface area contributed by atoms with E-state index in [0.717, 1.165) is 54.1 Å². The van der Waals surface area contributed by atoms with Gasteiger partial charge in [-0.15, -0.1) is 0 Å². The van der Waals surface area contributed by atoms with E-state index in [4.69, 9.17) is 14.2 Å². The van der Waals surface area contributed by atoms with Crippen LogP contribution in [0.4, 0.5) is 0 Å². The highest BCUT2D eigenvalue weighted by Gasteiger charge is 2.27. The fraction of sp³-hybridized carbons (Fsp3) is 0.600. The van der Waals surface area contributed by atoms with Crippen molar-refractivity contribution in [1.29, 1.82) is 0 Å². The Morgan fingerprint density at radius 3 is 2.60 bits per heavy atom. The Morgan fingerprint density at radius 2 is 2.00 bits per heavy atom. The largest absolute Gasteiger partial charge is 0.493 e. The number of ether oxygens (including phenoxy) is 3. The third-order valence-corrected chi connectivity index (χ3v) is 4.43. The van der Waals surface area contributed by atoms with E-state index in [1.165, 1.54) is 0 Å². The fourth-order valence-corrected chi connectivity index (χ4v) is 2.88. The predicted molar refractivity (Wildman–Crippen MR) is 82.5 cm³/mol. The van der Waals surface area contributed by atoms with Gasteiger partial charge in [0.2, 0.25) is 0 Å². The molecule has 1 aromatic carbocycles. The van der Waals surface area contributed by atoms with Crippen LogP contribution in [-0.2, 0) is 11.3 Å². The molecule has 0 bridgehead atoms. The lowest BCUT2D eigenvalue weighted by Gasteiger charge is -2.34. The van der Waals surface area contributed by atoms with Gasteiger partial charge in [-0.05, 0) is 37.5 Å². The van der Waals surface area contributed by atoms with Crippen molar-refractivity contribution in [2.75, 3.05) is 27.4 Å². The van der Waals surface area contributed by atoms with Gasteiger partial charge in [-0.1, -0.05) is 15.9 Å². The van der Waals surface area contributed by atoms with Crippen LogP contribution in [0.2, 0.25) is 0 Å². The SMILES string of the molecule is COc1cc(Br)c(CNC2(C)CCCOC2)cc1OC. The Morgan fingerprint density at radius 1 is 1.30 bits per heavy atom. The van der Waals surface area contributed by atoms with E-state index < -0.39 is 0 Å². The van der Waals surface area contributed by atoms with E-state index in [-0.39, 0.29) is 5.54 Å². The third kappa shape index (κ3) is 3.65.